The van der Waals surface area contributed by atoms with Gasteiger partial charge in [0.25, 0.3) is 0 Å². The van der Waals surface area contributed by atoms with Crippen molar-refractivity contribution >= 4 is 18.4 Å². The molecule has 1 aromatic carbocycles. The van der Waals surface area contributed by atoms with Gasteiger partial charge in [0.15, 0.2) is 0 Å². The molecule has 1 aliphatic heterocycles. The molecule has 1 saturated carbocycles. The van der Waals surface area contributed by atoms with Crippen LogP contribution in [0.3, 0.4) is 0 Å². The van der Waals surface area contributed by atoms with Crippen molar-refractivity contribution < 1.29 is 4.52 Å². The Morgan fingerprint density at radius 1 is 1.14 bits per heavy atom. The lowest BCUT2D eigenvalue weighted by Gasteiger charge is -2.33. The summed E-state index contributed by atoms with van der Waals surface area (Å²) in [5, 5.41) is 0. The highest BCUT2D eigenvalue weighted by atomic mass is 32.5. The minimum Gasteiger partial charge on any atom is -0.323 e. The van der Waals surface area contributed by atoms with Gasteiger partial charge in [-0.2, -0.15) is 0 Å². The Morgan fingerprint density at radius 2 is 1.68 bits per heavy atom. The van der Waals surface area contributed by atoms with Gasteiger partial charge in [-0.05, 0) is 57.7 Å². The van der Waals surface area contributed by atoms with Gasteiger partial charge in [0, 0.05) is 12.1 Å². The van der Waals surface area contributed by atoms with Gasteiger partial charge in [-0.25, -0.2) is 9.34 Å². The Bertz CT molecular complexity index is 531. The Balaban J connectivity index is 1.71. The lowest BCUT2D eigenvalue weighted by Crippen LogP contribution is -2.37. The first-order chi connectivity index (χ1) is 10.5. The van der Waals surface area contributed by atoms with Gasteiger partial charge >= 0.3 is 0 Å². The van der Waals surface area contributed by atoms with Crippen LogP contribution in [0.1, 0.15) is 38.2 Å². The van der Waals surface area contributed by atoms with Gasteiger partial charge in [0.05, 0.1) is 6.10 Å². The fourth-order valence-electron chi connectivity index (χ4n) is 3.93. The zero-order valence-corrected chi connectivity index (χ0v) is 15.5. The Labute approximate surface area is 139 Å². The standard InChI is InChI=1S/C17H27N2OPS/c1-14(13-15-9-5-4-6-10-15)20-21(22)18(2)16-11-7-8-12-17(16)19(21)3/h4-6,9-10,14,16-17H,7-8,11-13H2,1-3H3/t14-,16-,17-/m1/s1. The van der Waals surface area contributed by atoms with E-state index in [2.05, 4.69) is 60.7 Å². The van der Waals surface area contributed by atoms with Crippen molar-refractivity contribution in [1.29, 1.82) is 0 Å². The van der Waals surface area contributed by atoms with Crippen molar-refractivity contribution in [3.05, 3.63) is 35.9 Å². The minimum absolute atomic E-state index is 0.151. The average Bonchev–Trinajstić information content (AvgIpc) is 2.71. The fourth-order valence-corrected chi connectivity index (χ4v) is 7.67. The topological polar surface area (TPSA) is 15.7 Å². The molecule has 1 aromatic rings. The van der Waals surface area contributed by atoms with Crippen LogP contribution in [0.15, 0.2) is 30.3 Å². The van der Waals surface area contributed by atoms with Crippen molar-refractivity contribution in [3.63, 3.8) is 0 Å². The van der Waals surface area contributed by atoms with Gasteiger partial charge in [0.1, 0.15) is 0 Å². The first-order valence-corrected chi connectivity index (χ1v) is 10.9. The lowest BCUT2D eigenvalue weighted by molar-refractivity contribution is 0.217. The Kier molecular flexibility index (Phi) is 5.06. The second kappa shape index (κ2) is 6.70. The van der Waals surface area contributed by atoms with E-state index in [0.29, 0.717) is 12.1 Å². The number of nitrogens with zero attached hydrogens (tertiary/aromatic N) is 2. The quantitative estimate of drug-likeness (QED) is 0.770. The molecular formula is C17H27N2OPS. The monoisotopic (exact) mass is 338 g/mol. The molecule has 0 spiro atoms. The highest BCUT2D eigenvalue weighted by Crippen LogP contribution is 2.63. The Morgan fingerprint density at radius 3 is 2.23 bits per heavy atom. The highest BCUT2D eigenvalue weighted by Gasteiger charge is 2.49. The van der Waals surface area contributed by atoms with Crippen molar-refractivity contribution in [2.75, 3.05) is 14.1 Å². The van der Waals surface area contributed by atoms with E-state index in [9.17, 15) is 0 Å². The maximum absolute atomic E-state index is 6.50. The molecule has 0 aromatic heterocycles. The molecule has 3 atom stereocenters. The van der Waals surface area contributed by atoms with E-state index in [1.807, 2.05) is 0 Å². The molecule has 2 fully saturated rings. The molecule has 0 unspecified atom stereocenters. The molecule has 0 N–H and O–H groups in total. The van der Waals surface area contributed by atoms with E-state index in [1.165, 1.54) is 31.2 Å². The maximum Gasteiger partial charge on any atom is 0.203 e. The molecule has 2 aliphatic rings. The summed E-state index contributed by atoms with van der Waals surface area (Å²) < 4.78 is 11.3. The summed E-state index contributed by atoms with van der Waals surface area (Å²) in [6.45, 7) is 0.107. The van der Waals surface area contributed by atoms with Gasteiger partial charge in [-0.1, -0.05) is 43.2 Å². The molecular weight excluding hydrogens is 311 g/mol. The number of hydrogen-bond donors (Lipinski definition) is 0. The fraction of sp³-hybridized carbons (Fsp3) is 0.647. The molecule has 0 radical (unpaired) electrons. The van der Waals surface area contributed by atoms with E-state index in [0.717, 1.165) is 6.42 Å². The number of hydrogen-bond acceptors (Lipinski definition) is 2. The van der Waals surface area contributed by atoms with Crippen molar-refractivity contribution in [2.24, 2.45) is 0 Å². The van der Waals surface area contributed by atoms with Gasteiger partial charge in [-0.15, -0.1) is 0 Å². The minimum atomic E-state index is -2.05. The number of likely N-dealkylation sites (N-methyl/N-ethyl adjacent to an activating group) is 2. The first kappa shape index (κ1) is 16.6. The highest BCUT2D eigenvalue weighted by molar-refractivity contribution is 8.10. The van der Waals surface area contributed by atoms with E-state index in [-0.39, 0.29) is 6.10 Å². The van der Waals surface area contributed by atoms with Crippen LogP contribution in [0.2, 0.25) is 0 Å². The molecule has 3 nitrogen and oxygen atoms in total. The Hall–Kier alpha value is -0.250. The third-order valence-electron chi connectivity index (χ3n) is 5.13. The summed E-state index contributed by atoms with van der Waals surface area (Å²) in [5.41, 5.74) is 1.32. The van der Waals surface area contributed by atoms with Gasteiger partial charge in [0.2, 0.25) is 6.57 Å². The average molecular weight is 338 g/mol. The normalized spacial score (nSPS) is 30.1. The molecule has 5 heteroatoms. The summed E-state index contributed by atoms with van der Waals surface area (Å²) in [5.74, 6) is 0. The molecule has 122 valence electrons. The summed E-state index contributed by atoms with van der Waals surface area (Å²) in [6, 6.07) is 11.7. The number of benzene rings is 1. The lowest BCUT2D eigenvalue weighted by atomic mass is 9.91. The van der Waals surface area contributed by atoms with Crippen LogP contribution in [-0.2, 0) is 22.8 Å². The van der Waals surface area contributed by atoms with Crippen LogP contribution < -0.4 is 0 Å². The molecule has 1 aliphatic carbocycles. The zero-order chi connectivity index (χ0) is 15.7. The SMILES string of the molecule is C[C@H](Cc1ccccc1)OP1(=S)N(C)[C@@H]2CCCC[C@H]2N1C. The number of fused-ring (bicyclic) bond motifs is 1. The first-order valence-electron chi connectivity index (χ1n) is 8.31. The molecule has 1 heterocycles. The summed E-state index contributed by atoms with van der Waals surface area (Å²) in [4.78, 5) is 0. The van der Waals surface area contributed by atoms with Gasteiger partial charge < -0.3 is 4.52 Å². The second-order valence-corrected chi connectivity index (χ2v) is 10.5. The van der Waals surface area contributed by atoms with Crippen LogP contribution in [-0.4, -0.2) is 41.6 Å². The smallest absolute Gasteiger partial charge is 0.203 e. The molecule has 1 saturated heterocycles. The van der Waals surface area contributed by atoms with Crippen LogP contribution in [0.5, 0.6) is 0 Å². The van der Waals surface area contributed by atoms with Crippen molar-refractivity contribution in [1.82, 2.24) is 9.34 Å². The summed E-state index contributed by atoms with van der Waals surface area (Å²) in [7, 11) is 4.37. The molecule has 0 amide bonds. The van der Waals surface area contributed by atoms with Gasteiger partial charge in [-0.3, -0.25) is 0 Å². The van der Waals surface area contributed by atoms with E-state index in [4.69, 9.17) is 16.3 Å². The largest absolute Gasteiger partial charge is 0.323 e. The predicted octanol–water partition coefficient (Wildman–Crippen LogP) is 4.05. The summed E-state index contributed by atoms with van der Waals surface area (Å²) in [6.07, 6.45) is 6.26. The molecule has 0 bridgehead atoms. The molecule has 22 heavy (non-hydrogen) atoms. The van der Waals surface area contributed by atoms with E-state index < -0.39 is 6.57 Å². The maximum atomic E-state index is 6.50. The third-order valence-corrected chi connectivity index (χ3v) is 9.76. The zero-order valence-electron chi connectivity index (χ0n) is 13.8. The predicted molar refractivity (Wildman–Crippen MR) is 96.5 cm³/mol. The second-order valence-electron chi connectivity index (χ2n) is 6.66. The molecule has 3 rings (SSSR count). The van der Waals surface area contributed by atoms with E-state index >= 15 is 0 Å². The van der Waals surface area contributed by atoms with Crippen LogP contribution in [0.4, 0.5) is 0 Å². The van der Waals surface area contributed by atoms with Crippen LogP contribution in [0, 0.1) is 0 Å². The van der Waals surface area contributed by atoms with E-state index in [1.54, 1.807) is 0 Å². The number of rotatable bonds is 4. The summed E-state index contributed by atoms with van der Waals surface area (Å²) >= 11 is 6.06. The van der Waals surface area contributed by atoms with Crippen molar-refractivity contribution in [3.8, 4) is 0 Å². The van der Waals surface area contributed by atoms with Crippen LogP contribution >= 0.6 is 6.57 Å². The third kappa shape index (κ3) is 3.05. The van der Waals surface area contributed by atoms with Crippen molar-refractivity contribution in [2.45, 2.75) is 57.2 Å². The van der Waals surface area contributed by atoms with Crippen LogP contribution in [0.25, 0.3) is 0 Å².